The Labute approximate surface area is 235 Å². The number of carbonyl (C=O) groups excluding carboxylic acids is 3. The summed E-state index contributed by atoms with van der Waals surface area (Å²) < 4.78 is 5.33. The Hall–Kier alpha value is -2.61. The van der Waals surface area contributed by atoms with Crippen LogP contribution in [0, 0.1) is 6.92 Å². The van der Waals surface area contributed by atoms with Crippen molar-refractivity contribution in [1.82, 2.24) is 15.5 Å². The van der Waals surface area contributed by atoms with Gasteiger partial charge in [0, 0.05) is 12.6 Å². The molecular formula is C31H51N3O5. The molecule has 1 aromatic rings. The van der Waals surface area contributed by atoms with Gasteiger partial charge < -0.3 is 25.4 Å². The van der Waals surface area contributed by atoms with Crippen LogP contribution in [-0.2, 0) is 14.3 Å². The average Bonchev–Trinajstić information content (AvgIpc) is 2.87. The predicted octanol–water partition coefficient (Wildman–Crippen LogP) is 5.56. The zero-order chi connectivity index (χ0) is 28.8. The van der Waals surface area contributed by atoms with Crippen LogP contribution in [0.4, 0.5) is 4.79 Å². The molecule has 2 unspecified atom stereocenters. The molecule has 0 spiro atoms. The minimum absolute atomic E-state index is 0.0816. The van der Waals surface area contributed by atoms with Crippen LogP contribution in [0.3, 0.4) is 0 Å². The monoisotopic (exact) mass is 545 g/mol. The van der Waals surface area contributed by atoms with Crippen molar-refractivity contribution in [2.75, 3.05) is 13.2 Å². The first kappa shape index (κ1) is 32.6. The largest absolute Gasteiger partial charge is 0.444 e. The molecule has 3 N–H and O–H groups in total. The van der Waals surface area contributed by atoms with Gasteiger partial charge in [0.05, 0.1) is 6.61 Å². The van der Waals surface area contributed by atoms with Crippen LogP contribution in [0.1, 0.15) is 115 Å². The van der Waals surface area contributed by atoms with E-state index in [1.165, 1.54) is 12.8 Å². The van der Waals surface area contributed by atoms with Gasteiger partial charge in [0.15, 0.2) is 0 Å². The summed E-state index contributed by atoms with van der Waals surface area (Å²) in [6.07, 6.45) is 10.6. The fourth-order valence-electron chi connectivity index (χ4n) is 5.10. The summed E-state index contributed by atoms with van der Waals surface area (Å²) in [4.78, 5) is 41.9. The molecule has 1 aromatic carbocycles. The Morgan fingerprint density at radius 1 is 1.05 bits per heavy atom. The van der Waals surface area contributed by atoms with E-state index in [4.69, 9.17) is 4.74 Å². The third kappa shape index (κ3) is 11.6. The number of alkyl carbamates (subject to hydrolysis) is 1. The number of unbranched alkanes of at least 4 members (excludes halogenated alkanes) is 5. The van der Waals surface area contributed by atoms with E-state index in [0.29, 0.717) is 6.54 Å². The van der Waals surface area contributed by atoms with Gasteiger partial charge in [-0.2, -0.15) is 0 Å². The fraction of sp³-hybridized carbons (Fsp3) is 0.710. The SMILES string of the molecule is CCCCCCCCN(C(=O)C(CO)NC(=O)OC(C)(C)C)C(C(=O)NC1CCCCC1)c1cccc(C)c1. The molecule has 220 valence electrons. The van der Waals surface area contributed by atoms with Crippen molar-refractivity contribution in [3.8, 4) is 0 Å². The summed E-state index contributed by atoms with van der Waals surface area (Å²) in [5.41, 5.74) is 0.951. The van der Waals surface area contributed by atoms with E-state index in [2.05, 4.69) is 17.6 Å². The predicted molar refractivity (Wildman–Crippen MR) is 154 cm³/mol. The number of hydrogen-bond acceptors (Lipinski definition) is 5. The molecule has 2 rings (SSSR count). The third-order valence-electron chi connectivity index (χ3n) is 7.08. The number of ether oxygens (including phenoxy) is 1. The maximum Gasteiger partial charge on any atom is 0.408 e. The van der Waals surface area contributed by atoms with Crippen LogP contribution in [0.25, 0.3) is 0 Å². The molecule has 0 heterocycles. The van der Waals surface area contributed by atoms with Gasteiger partial charge in [0.1, 0.15) is 17.7 Å². The molecule has 2 atom stereocenters. The van der Waals surface area contributed by atoms with Gasteiger partial charge in [0.25, 0.3) is 0 Å². The first-order chi connectivity index (χ1) is 18.6. The number of amides is 3. The molecule has 8 heteroatoms. The lowest BCUT2D eigenvalue weighted by molar-refractivity contribution is -0.143. The lowest BCUT2D eigenvalue weighted by Crippen LogP contribution is -2.55. The molecule has 3 amide bonds. The van der Waals surface area contributed by atoms with E-state index < -0.39 is 36.3 Å². The highest BCUT2D eigenvalue weighted by Crippen LogP contribution is 2.26. The van der Waals surface area contributed by atoms with Crippen molar-refractivity contribution < 1.29 is 24.2 Å². The van der Waals surface area contributed by atoms with Crippen molar-refractivity contribution in [2.45, 2.75) is 129 Å². The van der Waals surface area contributed by atoms with E-state index in [0.717, 1.165) is 68.9 Å². The molecule has 0 bridgehead atoms. The number of carbonyl (C=O) groups is 3. The molecule has 0 aromatic heterocycles. The van der Waals surface area contributed by atoms with Crippen LogP contribution in [-0.4, -0.2) is 58.8 Å². The van der Waals surface area contributed by atoms with Gasteiger partial charge in [-0.1, -0.05) is 88.1 Å². The summed E-state index contributed by atoms with van der Waals surface area (Å²) in [6.45, 7) is 9.07. The number of benzene rings is 1. The van der Waals surface area contributed by atoms with Crippen molar-refractivity contribution >= 4 is 17.9 Å². The highest BCUT2D eigenvalue weighted by atomic mass is 16.6. The summed E-state index contributed by atoms with van der Waals surface area (Å²) in [7, 11) is 0. The van der Waals surface area contributed by atoms with E-state index >= 15 is 0 Å². The number of nitrogens with zero attached hydrogens (tertiary/aromatic N) is 1. The molecule has 8 nitrogen and oxygen atoms in total. The van der Waals surface area contributed by atoms with Crippen molar-refractivity contribution in [3.63, 3.8) is 0 Å². The zero-order valence-electron chi connectivity index (χ0n) is 24.8. The summed E-state index contributed by atoms with van der Waals surface area (Å²) in [5.74, 6) is -0.719. The number of aliphatic hydroxyl groups is 1. The van der Waals surface area contributed by atoms with E-state index in [9.17, 15) is 19.5 Å². The molecule has 39 heavy (non-hydrogen) atoms. The quantitative estimate of drug-likeness (QED) is 0.265. The Morgan fingerprint density at radius 3 is 2.33 bits per heavy atom. The first-order valence-corrected chi connectivity index (χ1v) is 14.8. The van der Waals surface area contributed by atoms with Crippen molar-refractivity contribution in [2.24, 2.45) is 0 Å². The molecule has 0 saturated heterocycles. The number of rotatable bonds is 14. The topological polar surface area (TPSA) is 108 Å². The first-order valence-electron chi connectivity index (χ1n) is 14.8. The van der Waals surface area contributed by atoms with Crippen LogP contribution in [0.5, 0.6) is 0 Å². The molecule has 1 saturated carbocycles. The van der Waals surface area contributed by atoms with Crippen LogP contribution < -0.4 is 10.6 Å². The maximum atomic E-state index is 14.0. The summed E-state index contributed by atoms with van der Waals surface area (Å²) in [5, 5.41) is 15.9. The minimum atomic E-state index is -1.23. The van der Waals surface area contributed by atoms with Gasteiger partial charge in [-0.15, -0.1) is 0 Å². The number of hydrogen-bond donors (Lipinski definition) is 3. The number of aliphatic hydroxyl groups excluding tert-OH is 1. The average molecular weight is 546 g/mol. The van der Waals surface area contributed by atoms with Crippen LogP contribution >= 0.6 is 0 Å². The Bertz CT molecular complexity index is 908. The Kier molecular flexibility index (Phi) is 13.8. The molecule has 0 radical (unpaired) electrons. The summed E-state index contributed by atoms with van der Waals surface area (Å²) in [6, 6.07) is 5.63. The lowest BCUT2D eigenvalue weighted by Gasteiger charge is -2.35. The summed E-state index contributed by atoms with van der Waals surface area (Å²) >= 11 is 0. The zero-order valence-corrected chi connectivity index (χ0v) is 24.8. The molecule has 1 aliphatic carbocycles. The van der Waals surface area contributed by atoms with Crippen LogP contribution in [0.2, 0.25) is 0 Å². The van der Waals surface area contributed by atoms with E-state index in [1.807, 2.05) is 31.2 Å². The van der Waals surface area contributed by atoms with Gasteiger partial charge in [-0.05, 0) is 52.5 Å². The van der Waals surface area contributed by atoms with Gasteiger partial charge in [-0.3, -0.25) is 9.59 Å². The molecule has 1 aliphatic rings. The maximum absolute atomic E-state index is 14.0. The normalized spacial score (nSPS) is 15.7. The second-order valence-electron chi connectivity index (χ2n) is 11.8. The van der Waals surface area contributed by atoms with Gasteiger partial charge in [0.2, 0.25) is 11.8 Å². The number of aryl methyl sites for hydroxylation is 1. The van der Waals surface area contributed by atoms with Crippen molar-refractivity contribution in [3.05, 3.63) is 35.4 Å². The van der Waals surface area contributed by atoms with Crippen LogP contribution in [0.15, 0.2) is 24.3 Å². The minimum Gasteiger partial charge on any atom is -0.444 e. The Morgan fingerprint density at radius 2 is 1.72 bits per heavy atom. The number of nitrogens with one attached hydrogen (secondary N) is 2. The van der Waals surface area contributed by atoms with E-state index in [1.54, 1.807) is 25.7 Å². The highest BCUT2D eigenvalue weighted by Gasteiger charge is 2.36. The second kappa shape index (κ2) is 16.5. The second-order valence-corrected chi connectivity index (χ2v) is 11.8. The fourth-order valence-corrected chi connectivity index (χ4v) is 5.10. The van der Waals surface area contributed by atoms with E-state index in [-0.39, 0.29) is 11.9 Å². The van der Waals surface area contributed by atoms with Gasteiger partial charge in [-0.25, -0.2) is 4.79 Å². The smallest absolute Gasteiger partial charge is 0.408 e. The highest BCUT2D eigenvalue weighted by molar-refractivity contribution is 5.92. The van der Waals surface area contributed by atoms with Crippen molar-refractivity contribution in [1.29, 1.82) is 0 Å². The third-order valence-corrected chi connectivity index (χ3v) is 7.08. The van der Waals surface area contributed by atoms with Gasteiger partial charge >= 0.3 is 6.09 Å². The standard InChI is InChI=1S/C31H51N3O5/c1-6-7-8-9-10-14-20-34(29(37)26(22-35)33-30(38)39-31(3,4)5)27(24-17-15-16-23(2)21-24)28(36)32-25-18-12-11-13-19-25/h15-17,21,25-27,35H,6-14,18-20,22H2,1-5H3,(H,32,36)(H,33,38). The molecule has 0 aliphatic heterocycles. The lowest BCUT2D eigenvalue weighted by atomic mass is 9.94. The molecule has 1 fully saturated rings. The Balaban J connectivity index is 2.36. The molecular weight excluding hydrogens is 494 g/mol.